The van der Waals surface area contributed by atoms with Gasteiger partial charge in [-0.3, -0.25) is 10.2 Å². The standard InChI is InChI=1S/C22H25N3O2S/c1-13(2)11-16-6-8-17(9-7-16)15(4)20-23-22-25(24-20)21(26)19(28-22)12-18-10-5-14(3)27-18/h5-10,12-13,15,22H,11H2,1-4H3,(H,23,24)/b19-12+. The molecule has 0 saturated carbocycles. The van der Waals surface area contributed by atoms with Crippen molar-refractivity contribution in [1.82, 2.24) is 10.4 Å². The van der Waals surface area contributed by atoms with Gasteiger partial charge in [-0.05, 0) is 42.5 Å². The lowest BCUT2D eigenvalue weighted by Gasteiger charge is -2.17. The number of furan rings is 1. The fourth-order valence-corrected chi connectivity index (χ4v) is 4.46. The van der Waals surface area contributed by atoms with Gasteiger partial charge in [0.2, 0.25) is 0 Å². The molecule has 1 amide bonds. The van der Waals surface area contributed by atoms with E-state index < -0.39 is 0 Å². The van der Waals surface area contributed by atoms with Crippen molar-refractivity contribution in [2.24, 2.45) is 10.9 Å². The summed E-state index contributed by atoms with van der Waals surface area (Å²) in [6.07, 6.45) is 2.87. The average molecular weight is 396 g/mol. The summed E-state index contributed by atoms with van der Waals surface area (Å²) in [7, 11) is 0. The fraction of sp³-hybridized carbons (Fsp3) is 0.364. The maximum atomic E-state index is 12.7. The van der Waals surface area contributed by atoms with Crippen LogP contribution in [0.3, 0.4) is 0 Å². The number of hydrazine groups is 1. The van der Waals surface area contributed by atoms with Crippen LogP contribution in [-0.4, -0.2) is 22.2 Å². The molecule has 0 spiro atoms. The predicted molar refractivity (Wildman–Crippen MR) is 114 cm³/mol. The van der Waals surface area contributed by atoms with Crippen molar-refractivity contribution >= 4 is 29.6 Å². The van der Waals surface area contributed by atoms with Crippen LogP contribution in [0.4, 0.5) is 0 Å². The molecule has 3 heterocycles. The van der Waals surface area contributed by atoms with E-state index in [1.165, 1.54) is 22.9 Å². The molecule has 2 aliphatic rings. The van der Waals surface area contributed by atoms with Gasteiger partial charge in [-0.25, -0.2) is 10.0 Å². The number of nitrogens with zero attached hydrogens (tertiary/aromatic N) is 2. The lowest BCUT2D eigenvalue weighted by molar-refractivity contribution is -0.127. The van der Waals surface area contributed by atoms with E-state index in [-0.39, 0.29) is 17.3 Å². The molecule has 2 unspecified atom stereocenters. The number of hydrogen-bond donors (Lipinski definition) is 1. The zero-order valence-electron chi connectivity index (χ0n) is 16.6. The van der Waals surface area contributed by atoms with Crippen molar-refractivity contribution in [3.8, 4) is 0 Å². The number of carbonyl (C=O) groups excluding carboxylic acids is 1. The van der Waals surface area contributed by atoms with Crippen LogP contribution in [0, 0.1) is 12.8 Å². The van der Waals surface area contributed by atoms with E-state index in [4.69, 9.17) is 9.41 Å². The summed E-state index contributed by atoms with van der Waals surface area (Å²) in [5.74, 6) is 3.03. The maximum absolute atomic E-state index is 12.7. The van der Waals surface area contributed by atoms with Crippen LogP contribution in [0.2, 0.25) is 0 Å². The van der Waals surface area contributed by atoms with Crippen LogP contribution in [0.5, 0.6) is 0 Å². The Kier molecular flexibility index (Phi) is 5.06. The van der Waals surface area contributed by atoms with Gasteiger partial charge in [0.1, 0.15) is 17.4 Å². The number of rotatable bonds is 5. The van der Waals surface area contributed by atoms with Gasteiger partial charge in [-0.2, -0.15) is 0 Å². The summed E-state index contributed by atoms with van der Waals surface area (Å²) < 4.78 is 5.55. The van der Waals surface area contributed by atoms with Gasteiger partial charge in [0.05, 0.1) is 4.91 Å². The minimum Gasteiger partial charge on any atom is -0.462 e. The summed E-state index contributed by atoms with van der Waals surface area (Å²) in [5.41, 5.74) is 5.50. The van der Waals surface area contributed by atoms with Crippen LogP contribution in [0.25, 0.3) is 6.08 Å². The quantitative estimate of drug-likeness (QED) is 0.745. The van der Waals surface area contributed by atoms with E-state index in [2.05, 4.69) is 50.5 Å². The number of carbonyl (C=O) groups is 1. The molecule has 1 fully saturated rings. The SMILES string of the molecule is Cc1ccc(/C=C2/SC3N=C(C(C)c4ccc(CC(C)C)cc4)NN3C2=O)o1. The number of aryl methyl sites for hydroxylation is 1. The summed E-state index contributed by atoms with van der Waals surface area (Å²) in [5, 5.41) is 1.60. The largest absolute Gasteiger partial charge is 0.462 e. The molecule has 1 aromatic heterocycles. The number of nitrogens with one attached hydrogen (secondary N) is 1. The van der Waals surface area contributed by atoms with Gasteiger partial charge in [0, 0.05) is 12.0 Å². The highest BCUT2D eigenvalue weighted by molar-refractivity contribution is 8.05. The molecule has 2 atom stereocenters. The van der Waals surface area contributed by atoms with E-state index in [1.54, 1.807) is 11.1 Å². The molecular weight excluding hydrogens is 370 g/mol. The molecule has 0 aliphatic carbocycles. The second-order valence-corrected chi connectivity index (χ2v) is 8.86. The third kappa shape index (κ3) is 3.74. The molecule has 4 rings (SSSR count). The monoisotopic (exact) mass is 395 g/mol. The second kappa shape index (κ2) is 7.51. The lowest BCUT2D eigenvalue weighted by Crippen LogP contribution is -2.41. The molecule has 2 aromatic rings. The molecule has 1 N–H and O–H groups in total. The van der Waals surface area contributed by atoms with Crippen LogP contribution in [-0.2, 0) is 11.2 Å². The predicted octanol–water partition coefficient (Wildman–Crippen LogP) is 4.71. The molecule has 6 heteroatoms. The Hall–Kier alpha value is -2.47. The number of thioether (sulfide) groups is 1. The minimum absolute atomic E-state index is 0.0673. The van der Waals surface area contributed by atoms with Crippen molar-refractivity contribution < 1.29 is 9.21 Å². The lowest BCUT2D eigenvalue weighted by atomic mass is 9.96. The van der Waals surface area contributed by atoms with E-state index in [0.717, 1.165) is 18.0 Å². The van der Waals surface area contributed by atoms with E-state index in [9.17, 15) is 4.79 Å². The molecule has 0 radical (unpaired) electrons. The van der Waals surface area contributed by atoms with E-state index in [0.29, 0.717) is 16.6 Å². The van der Waals surface area contributed by atoms with Crippen molar-refractivity contribution in [2.75, 3.05) is 0 Å². The Morgan fingerprint density at radius 2 is 1.96 bits per heavy atom. The summed E-state index contributed by atoms with van der Waals surface area (Å²) >= 11 is 1.45. The van der Waals surface area contributed by atoms with Crippen molar-refractivity contribution in [3.05, 3.63) is 64.0 Å². The average Bonchev–Trinajstić information content (AvgIpc) is 3.32. The van der Waals surface area contributed by atoms with Crippen LogP contribution in [0.15, 0.2) is 50.7 Å². The van der Waals surface area contributed by atoms with Gasteiger partial charge in [-0.1, -0.05) is 56.8 Å². The third-order valence-corrected chi connectivity index (χ3v) is 6.01. The maximum Gasteiger partial charge on any atom is 0.281 e. The number of aliphatic imine (C=N–C) groups is 1. The third-order valence-electron chi connectivity index (χ3n) is 4.94. The van der Waals surface area contributed by atoms with Gasteiger partial charge < -0.3 is 4.42 Å². The van der Waals surface area contributed by atoms with Crippen LogP contribution >= 0.6 is 11.8 Å². The van der Waals surface area contributed by atoms with Gasteiger partial charge in [0.15, 0.2) is 5.50 Å². The van der Waals surface area contributed by atoms with Crippen molar-refractivity contribution in [3.63, 3.8) is 0 Å². The first-order valence-corrected chi connectivity index (χ1v) is 10.5. The fourth-order valence-electron chi connectivity index (χ4n) is 3.43. The normalized spacial score (nSPS) is 21.2. The number of amides is 1. The Balaban J connectivity index is 1.47. The van der Waals surface area contributed by atoms with Gasteiger partial charge in [0.25, 0.3) is 5.91 Å². The van der Waals surface area contributed by atoms with Crippen LogP contribution in [0.1, 0.15) is 49.3 Å². The van der Waals surface area contributed by atoms with E-state index in [1.807, 2.05) is 19.1 Å². The number of fused-ring (bicyclic) bond motifs is 1. The van der Waals surface area contributed by atoms with Crippen LogP contribution < -0.4 is 5.43 Å². The first kappa shape index (κ1) is 18.9. The number of hydrogen-bond acceptors (Lipinski definition) is 5. The topological polar surface area (TPSA) is 57.8 Å². The Labute approximate surface area is 169 Å². The van der Waals surface area contributed by atoms with Gasteiger partial charge in [-0.15, -0.1) is 0 Å². The molecule has 1 aromatic carbocycles. The van der Waals surface area contributed by atoms with Crippen molar-refractivity contribution in [1.29, 1.82) is 0 Å². The highest BCUT2D eigenvalue weighted by Gasteiger charge is 2.42. The minimum atomic E-state index is -0.257. The zero-order valence-corrected chi connectivity index (χ0v) is 17.4. The first-order chi connectivity index (χ1) is 13.4. The molecule has 1 saturated heterocycles. The molecule has 0 bridgehead atoms. The van der Waals surface area contributed by atoms with Crippen molar-refractivity contribution in [2.45, 2.75) is 45.5 Å². The molecule has 2 aliphatic heterocycles. The molecule has 28 heavy (non-hydrogen) atoms. The molecular formula is C22H25N3O2S. The van der Waals surface area contributed by atoms with E-state index >= 15 is 0 Å². The highest BCUT2D eigenvalue weighted by Crippen LogP contribution is 2.39. The smallest absolute Gasteiger partial charge is 0.281 e. The second-order valence-electron chi connectivity index (χ2n) is 7.76. The Morgan fingerprint density at radius 1 is 1.21 bits per heavy atom. The summed E-state index contributed by atoms with van der Waals surface area (Å²) in [4.78, 5) is 18.1. The Bertz CT molecular complexity index is 943. The number of amidine groups is 1. The summed E-state index contributed by atoms with van der Waals surface area (Å²) in [6, 6.07) is 12.5. The molecule has 5 nitrogen and oxygen atoms in total. The zero-order chi connectivity index (χ0) is 19.8. The summed E-state index contributed by atoms with van der Waals surface area (Å²) in [6.45, 7) is 8.46. The first-order valence-electron chi connectivity index (χ1n) is 9.62. The Morgan fingerprint density at radius 3 is 2.57 bits per heavy atom. The number of benzene rings is 1. The molecule has 146 valence electrons. The highest BCUT2D eigenvalue weighted by atomic mass is 32.2. The van der Waals surface area contributed by atoms with Gasteiger partial charge >= 0.3 is 0 Å².